The summed E-state index contributed by atoms with van der Waals surface area (Å²) in [5.74, 6) is 0.734. The predicted molar refractivity (Wildman–Crippen MR) is 91.0 cm³/mol. The maximum Gasteiger partial charge on any atom is 0.0342 e. The first-order chi connectivity index (χ1) is 10.0. The third-order valence-electron chi connectivity index (χ3n) is 4.53. The zero-order valence-corrected chi connectivity index (χ0v) is 13.3. The number of hydrogen-bond donors (Lipinski definition) is 1. The van der Waals surface area contributed by atoms with Crippen LogP contribution in [-0.4, -0.2) is 6.04 Å². The summed E-state index contributed by atoms with van der Waals surface area (Å²) in [6.45, 7) is 6.77. The molecule has 0 amide bonds. The third-order valence-corrected chi connectivity index (χ3v) is 4.53. The highest BCUT2D eigenvalue weighted by Gasteiger charge is 2.29. The van der Waals surface area contributed by atoms with Gasteiger partial charge >= 0.3 is 0 Å². The second-order valence-electron chi connectivity index (χ2n) is 7.25. The van der Waals surface area contributed by atoms with Crippen molar-refractivity contribution < 1.29 is 0 Å². The van der Waals surface area contributed by atoms with E-state index in [4.69, 9.17) is 0 Å². The van der Waals surface area contributed by atoms with Gasteiger partial charge in [0, 0.05) is 11.7 Å². The van der Waals surface area contributed by atoms with Gasteiger partial charge < -0.3 is 5.32 Å². The molecule has 0 unspecified atom stereocenters. The fourth-order valence-corrected chi connectivity index (χ4v) is 3.04. The van der Waals surface area contributed by atoms with Crippen molar-refractivity contribution >= 4 is 5.69 Å². The highest BCUT2D eigenvalue weighted by Crippen LogP contribution is 2.38. The number of benzene rings is 2. The summed E-state index contributed by atoms with van der Waals surface area (Å²) in [6, 6.07) is 20.4. The van der Waals surface area contributed by atoms with E-state index in [0.29, 0.717) is 6.04 Å². The summed E-state index contributed by atoms with van der Waals surface area (Å²) in [5, 5.41) is 3.66. The zero-order chi connectivity index (χ0) is 14.9. The SMILES string of the molecule is CC(C)(C)c1ccc(NC2CC(c3ccccc3)C2)cc1. The third kappa shape index (κ3) is 3.29. The van der Waals surface area contributed by atoms with Gasteiger partial charge in [-0.15, -0.1) is 0 Å². The summed E-state index contributed by atoms with van der Waals surface area (Å²) < 4.78 is 0. The Balaban J connectivity index is 1.55. The van der Waals surface area contributed by atoms with Crippen LogP contribution in [0, 0.1) is 0 Å². The minimum atomic E-state index is 0.230. The van der Waals surface area contributed by atoms with Crippen molar-refractivity contribution in [2.75, 3.05) is 5.32 Å². The summed E-state index contributed by atoms with van der Waals surface area (Å²) >= 11 is 0. The molecular weight excluding hydrogens is 254 g/mol. The van der Waals surface area contributed by atoms with E-state index in [1.807, 2.05) is 0 Å². The second kappa shape index (κ2) is 5.55. The van der Waals surface area contributed by atoms with Gasteiger partial charge in [0.1, 0.15) is 0 Å². The first-order valence-electron chi connectivity index (χ1n) is 7.94. The Kier molecular flexibility index (Phi) is 3.75. The average molecular weight is 279 g/mol. The maximum atomic E-state index is 3.66. The predicted octanol–water partition coefficient (Wildman–Crippen LogP) is 5.34. The zero-order valence-electron chi connectivity index (χ0n) is 13.3. The van der Waals surface area contributed by atoms with Gasteiger partial charge in [-0.1, -0.05) is 63.2 Å². The maximum absolute atomic E-state index is 3.66. The standard InChI is InChI=1S/C20H25N/c1-20(2,3)17-9-11-18(12-10-17)21-19-13-16(14-19)15-7-5-4-6-8-15/h4-12,16,19,21H,13-14H2,1-3H3. The van der Waals surface area contributed by atoms with Crippen LogP contribution in [-0.2, 0) is 5.41 Å². The van der Waals surface area contributed by atoms with E-state index >= 15 is 0 Å². The first-order valence-corrected chi connectivity index (χ1v) is 7.94. The fourth-order valence-electron chi connectivity index (χ4n) is 3.04. The molecule has 0 saturated heterocycles. The molecule has 1 fully saturated rings. The second-order valence-corrected chi connectivity index (χ2v) is 7.25. The van der Waals surface area contributed by atoms with E-state index in [2.05, 4.69) is 80.7 Å². The number of anilines is 1. The monoisotopic (exact) mass is 279 g/mol. The quantitative estimate of drug-likeness (QED) is 0.799. The van der Waals surface area contributed by atoms with E-state index in [0.717, 1.165) is 5.92 Å². The summed E-state index contributed by atoms with van der Waals surface area (Å²) in [4.78, 5) is 0. The molecule has 1 N–H and O–H groups in total. The molecule has 2 aromatic rings. The summed E-state index contributed by atoms with van der Waals surface area (Å²) in [5.41, 5.74) is 4.36. The van der Waals surface area contributed by atoms with Gasteiger partial charge in [0.2, 0.25) is 0 Å². The molecule has 0 radical (unpaired) electrons. The molecule has 1 aliphatic rings. The lowest BCUT2D eigenvalue weighted by molar-refractivity contribution is 0.374. The Morgan fingerprint density at radius 3 is 2.05 bits per heavy atom. The van der Waals surface area contributed by atoms with E-state index in [-0.39, 0.29) is 5.41 Å². The molecule has 0 bridgehead atoms. The van der Waals surface area contributed by atoms with E-state index in [1.165, 1.54) is 29.7 Å². The van der Waals surface area contributed by atoms with Crippen molar-refractivity contribution in [3.05, 3.63) is 65.7 Å². The van der Waals surface area contributed by atoms with Crippen LogP contribution < -0.4 is 5.32 Å². The van der Waals surface area contributed by atoms with Gasteiger partial charge in [-0.05, 0) is 47.4 Å². The summed E-state index contributed by atoms with van der Waals surface area (Å²) in [7, 11) is 0. The molecule has 0 spiro atoms. The Bertz CT molecular complexity index is 571. The molecule has 0 aromatic heterocycles. The summed E-state index contributed by atoms with van der Waals surface area (Å²) in [6.07, 6.45) is 2.48. The molecule has 1 saturated carbocycles. The van der Waals surface area contributed by atoms with Crippen LogP contribution in [0.2, 0.25) is 0 Å². The van der Waals surface area contributed by atoms with Crippen molar-refractivity contribution in [3.63, 3.8) is 0 Å². The topological polar surface area (TPSA) is 12.0 Å². The van der Waals surface area contributed by atoms with Crippen molar-refractivity contribution in [2.45, 2.75) is 51.0 Å². The van der Waals surface area contributed by atoms with Crippen LogP contribution in [0.3, 0.4) is 0 Å². The Labute approximate surface area is 128 Å². The van der Waals surface area contributed by atoms with E-state index < -0.39 is 0 Å². The minimum absolute atomic E-state index is 0.230. The van der Waals surface area contributed by atoms with Crippen LogP contribution in [0.25, 0.3) is 0 Å². The lowest BCUT2D eigenvalue weighted by Crippen LogP contribution is -2.33. The van der Waals surface area contributed by atoms with E-state index in [1.54, 1.807) is 0 Å². The molecule has 1 heteroatoms. The van der Waals surface area contributed by atoms with Gasteiger partial charge in [0.25, 0.3) is 0 Å². The molecule has 2 aromatic carbocycles. The number of rotatable bonds is 3. The Morgan fingerprint density at radius 1 is 0.857 bits per heavy atom. The lowest BCUT2D eigenvalue weighted by Gasteiger charge is -2.37. The van der Waals surface area contributed by atoms with Crippen LogP contribution in [0.15, 0.2) is 54.6 Å². The Hall–Kier alpha value is -1.76. The largest absolute Gasteiger partial charge is 0.382 e. The molecule has 1 aliphatic carbocycles. The van der Waals surface area contributed by atoms with Gasteiger partial charge in [0.15, 0.2) is 0 Å². The lowest BCUT2D eigenvalue weighted by atomic mass is 9.76. The van der Waals surface area contributed by atoms with Gasteiger partial charge in [0.05, 0.1) is 0 Å². The highest BCUT2D eigenvalue weighted by molar-refractivity contribution is 5.47. The van der Waals surface area contributed by atoms with Crippen molar-refractivity contribution in [3.8, 4) is 0 Å². The number of nitrogens with one attached hydrogen (secondary N) is 1. The average Bonchev–Trinajstić information content (AvgIpc) is 2.43. The molecule has 3 rings (SSSR count). The minimum Gasteiger partial charge on any atom is -0.382 e. The van der Waals surface area contributed by atoms with Crippen molar-refractivity contribution in [1.29, 1.82) is 0 Å². The van der Waals surface area contributed by atoms with Gasteiger partial charge in [-0.25, -0.2) is 0 Å². The van der Waals surface area contributed by atoms with Crippen molar-refractivity contribution in [1.82, 2.24) is 0 Å². The first kappa shape index (κ1) is 14.2. The van der Waals surface area contributed by atoms with Crippen LogP contribution in [0.5, 0.6) is 0 Å². The van der Waals surface area contributed by atoms with Crippen molar-refractivity contribution in [2.24, 2.45) is 0 Å². The normalized spacial score (nSPS) is 21.7. The molecule has 0 heterocycles. The fraction of sp³-hybridized carbons (Fsp3) is 0.400. The smallest absolute Gasteiger partial charge is 0.0342 e. The van der Waals surface area contributed by atoms with Crippen LogP contribution in [0.1, 0.15) is 50.7 Å². The van der Waals surface area contributed by atoms with Crippen LogP contribution in [0.4, 0.5) is 5.69 Å². The van der Waals surface area contributed by atoms with Gasteiger partial charge in [-0.3, -0.25) is 0 Å². The molecule has 0 atom stereocenters. The van der Waals surface area contributed by atoms with Gasteiger partial charge in [-0.2, -0.15) is 0 Å². The molecular formula is C20H25N. The number of hydrogen-bond acceptors (Lipinski definition) is 1. The molecule has 0 aliphatic heterocycles. The van der Waals surface area contributed by atoms with E-state index in [9.17, 15) is 0 Å². The molecule has 1 nitrogen and oxygen atoms in total. The Morgan fingerprint density at radius 2 is 1.48 bits per heavy atom. The molecule has 21 heavy (non-hydrogen) atoms. The molecule has 110 valence electrons. The van der Waals surface area contributed by atoms with Crippen LogP contribution >= 0.6 is 0 Å². The highest BCUT2D eigenvalue weighted by atomic mass is 14.9.